The van der Waals surface area contributed by atoms with Crippen LogP contribution in [-0.4, -0.2) is 34.8 Å². The Kier molecular flexibility index (Phi) is 6.19. The van der Waals surface area contributed by atoms with Gasteiger partial charge in [-0.2, -0.15) is 0 Å². The fourth-order valence-electron chi connectivity index (χ4n) is 3.18. The Balaban J connectivity index is 1.82. The van der Waals surface area contributed by atoms with Crippen LogP contribution in [0.5, 0.6) is 0 Å². The van der Waals surface area contributed by atoms with Gasteiger partial charge in [0.05, 0.1) is 6.54 Å². The molecule has 0 saturated heterocycles. The number of fused-ring (bicyclic) bond motifs is 1. The molecule has 3 aromatic rings. The van der Waals surface area contributed by atoms with Crippen molar-refractivity contribution in [2.24, 2.45) is 5.92 Å². The molecule has 5 nitrogen and oxygen atoms in total. The van der Waals surface area contributed by atoms with Gasteiger partial charge in [0.15, 0.2) is 0 Å². The first-order valence-corrected chi connectivity index (χ1v) is 10.4. The molecular formula is C22H27N3O2S. The largest absolute Gasteiger partial charge is 0.361 e. The number of rotatable bonds is 7. The molecule has 3 rings (SSSR count). The Morgan fingerprint density at radius 1 is 1.21 bits per heavy atom. The molecule has 2 aromatic heterocycles. The molecule has 148 valence electrons. The van der Waals surface area contributed by atoms with Gasteiger partial charge in [-0.25, -0.2) is 0 Å². The molecule has 2 heterocycles. The highest BCUT2D eigenvalue weighted by Gasteiger charge is 2.26. The lowest BCUT2D eigenvalue weighted by Gasteiger charge is -2.25. The third kappa shape index (κ3) is 4.44. The SMILES string of the molecule is Cc1ccsc1CN(C)C(=O)C(Cc1c[nH]c2ccccc12)NC(=O)C(C)C. The average Bonchev–Trinajstić information content (AvgIpc) is 3.27. The maximum atomic E-state index is 13.2. The first-order chi connectivity index (χ1) is 13.4. The van der Waals surface area contributed by atoms with Gasteiger partial charge in [0.2, 0.25) is 11.8 Å². The highest BCUT2D eigenvalue weighted by atomic mass is 32.1. The maximum Gasteiger partial charge on any atom is 0.245 e. The number of hydrogen-bond acceptors (Lipinski definition) is 3. The van der Waals surface area contributed by atoms with E-state index in [-0.39, 0.29) is 17.7 Å². The van der Waals surface area contributed by atoms with Crippen molar-refractivity contribution in [2.45, 2.75) is 39.8 Å². The Hall–Kier alpha value is -2.60. The summed E-state index contributed by atoms with van der Waals surface area (Å²) in [7, 11) is 1.80. The van der Waals surface area contributed by atoms with Gasteiger partial charge >= 0.3 is 0 Å². The number of aromatic nitrogens is 1. The molecule has 0 aliphatic carbocycles. The average molecular weight is 398 g/mol. The number of hydrogen-bond donors (Lipinski definition) is 2. The predicted octanol–water partition coefficient (Wildman–Crippen LogP) is 3.88. The van der Waals surface area contributed by atoms with Crippen molar-refractivity contribution in [1.29, 1.82) is 0 Å². The summed E-state index contributed by atoms with van der Waals surface area (Å²) in [6.45, 7) is 6.26. The second kappa shape index (κ2) is 8.61. The smallest absolute Gasteiger partial charge is 0.245 e. The number of amides is 2. The van der Waals surface area contributed by atoms with E-state index in [0.29, 0.717) is 13.0 Å². The van der Waals surface area contributed by atoms with Crippen LogP contribution in [0.15, 0.2) is 41.9 Å². The minimum absolute atomic E-state index is 0.0768. The van der Waals surface area contributed by atoms with E-state index in [1.54, 1.807) is 23.3 Å². The molecule has 0 aliphatic rings. The van der Waals surface area contributed by atoms with E-state index in [1.807, 2.05) is 56.6 Å². The summed E-state index contributed by atoms with van der Waals surface area (Å²) in [5, 5.41) is 6.07. The van der Waals surface area contributed by atoms with Crippen molar-refractivity contribution in [3.05, 3.63) is 57.9 Å². The van der Waals surface area contributed by atoms with Crippen LogP contribution in [-0.2, 0) is 22.6 Å². The summed E-state index contributed by atoms with van der Waals surface area (Å²) in [6, 6.07) is 9.46. The zero-order valence-electron chi connectivity index (χ0n) is 16.8. The van der Waals surface area contributed by atoms with Crippen LogP contribution in [0, 0.1) is 12.8 Å². The van der Waals surface area contributed by atoms with E-state index >= 15 is 0 Å². The first-order valence-electron chi connectivity index (χ1n) is 9.50. The van der Waals surface area contributed by atoms with Crippen molar-refractivity contribution in [3.63, 3.8) is 0 Å². The molecule has 2 amide bonds. The molecule has 0 aliphatic heterocycles. The zero-order valence-corrected chi connectivity index (χ0v) is 17.6. The molecular weight excluding hydrogens is 370 g/mol. The van der Waals surface area contributed by atoms with Gasteiger partial charge in [0.25, 0.3) is 0 Å². The number of likely N-dealkylation sites (N-methyl/N-ethyl adjacent to an activating group) is 1. The van der Waals surface area contributed by atoms with Gasteiger partial charge in [-0.3, -0.25) is 9.59 Å². The number of nitrogens with zero attached hydrogens (tertiary/aromatic N) is 1. The number of carbonyl (C=O) groups excluding carboxylic acids is 2. The normalized spacial score (nSPS) is 12.3. The number of thiophene rings is 1. The zero-order chi connectivity index (χ0) is 20.3. The summed E-state index contributed by atoms with van der Waals surface area (Å²) in [4.78, 5) is 31.7. The molecule has 0 bridgehead atoms. The number of H-pyrrole nitrogens is 1. The molecule has 1 aromatic carbocycles. The Bertz CT molecular complexity index is 973. The highest BCUT2D eigenvalue weighted by molar-refractivity contribution is 7.10. The predicted molar refractivity (Wildman–Crippen MR) is 114 cm³/mol. The second-order valence-electron chi connectivity index (χ2n) is 7.50. The number of benzene rings is 1. The lowest BCUT2D eigenvalue weighted by molar-refractivity contribution is -0.136. The lowest BCUT2D eigenvalue weighted by Crippen LogP contribution is -2.49. The van der Waals surface area contributed by atoms with Crippen LogP contribution in [0.25, 0.3) is 10.9 Å². The third-order valence-corrected chi connectivity index (χ3v) is 5.97. The van der Waals surface area contributed by atoms with Crippen LogP contribution in [0.4, 0.5) is 0 Å². The quantitative estimate of drug-likeness (QED) is 0.635. The van der Waals surface area contributed by atoms with E-state index < -0.39 is 6.04 Å². The van der Waals surface area contributed by atoms with Crippen LogP contribution in [0.2, 0.25) is 0 Å². The number of aromatic amines is 1. The van der Waals surface area contributed by atoms with Crippen molar-refractivity contribution >= 4 is 34.1 Å². The molecule has 6 heteroatoms. The van der Waals surface area contributed by atoms with Crippen LogP contribution >= 0.6 is 11.3 Å². The number of nitrogens with one attached hydrogen (secondary N) is 2. The van der Waals surface area contributed by atoms with E-state index in [9.17, 15) is 9.59 Å². The Morgan fingerprint density at radius 2 is 1.96 bits per heavy atom. The molecule has 0 fully saturated rings. The van der Waals surface area contributed by atoms with Gasteiger partial charge in [0.1, 0.15) is 6.04 Å². The van der Waals surface area contributed by atoms with Crippen LogP contribution < -0.4 is 5.32 Å². The third-order valence-electron chi connectivity index (χ3n) is 4.96. The molecule has 1 atom stereocenters. The topological polar surface area (TPSA) is 65.2 Å². The fourth-order valence-corrected chi connectivity index (χ4v) is 4.14. The maximum absolute atomic E-state index is 13.2. The van der Waals surface area contributed by atoms with E-state index in [1.165, 1.54) is 5.56 Å². The molecule has 1 unspecified atom stereocenters. The second-order valence-corrected chi connectivity index (χ2v) is 8.50. The van der Waals surface area contributed by atoms with Gasteiger partial charge in [-0.05, 0) is 35.6 Å². The summed E-state index contributed by atoms with van der Waals surface area (Å²) in [5.41, 5.74) is 3.24. The van der Waals surface area contributed by atoms with Crippen LogP contribution in [0.1, 0.15) is 29.9 Å². The Labute approximate surface area is 169 Å². The molecule has 0 saturated carbocycles. The van der Waals surface area contributed by atoms with E-state index in [2.05, 4.69) is 16.4 Å². The van der Waals surface area contributed by atoms with Crippen molar-refractivity contribution in [1.82, 2.24) is 15.2 Å². The standard InChI is InChI=1S/C22H27N3O2S/c1-14(2)21(26)24-19(11-16-12-23-18-8-6-5-7-17(16)18)22(27)25(4)13-20-15(3)9-10-28-20/h5-10,12,14,19,23H,11,13H2,1-4H3,(H,24,26). The lowest BCUT2D eigenvalue weighted by atomic mass is 10.0. The number of aryl methyl sites for hydroxylation is 1. The minimum atomic E-state index is -0.598. The van der Waals surface area contributed by atoms with E-state index in [4.69, 9.17) is 0 Å². The van der Waals surface area contributed by atoms with Crippen molar-refractivity contribution < 1.29 is 9.59 Å². The fraction of sp³-hybridized carbons (Fsp3) is 0.364. The van der Waals surface area contributed by atoms with Crippen LogP contribution in [0.3, 0.4) is 0 Å². The molecule has 0 radical (unpaired) electrons. The summed E-state index contributed by atoms with van der Waals surface area (Å²) in [5.74, 6) is -0.367. The monoisotopic (exact) mass is 397 g/mol. The van der Waals surface area contributed by atoms with Gasteiger partial charge < -0.3 is 15.2 Å². The highest BCUT2D eigenvalue weighted by Crippen LogP contribution is 2.21. The summed E-state index contributed by atoms with van der Waals surface area (Å²) < 4.78 is 0. The van der Waals surface area contributed by atoms with Gasteiger partial charge in [-0.1, -0.05) is 32.0 Å². The molecule has 0 spiro atoms. The molecule has 28 heavy (non-hydrogen) atoms. The molecule has 2 N–H and O–H groups in total. The summed E-state index contributed by atoms with van der Waals surface area (Å²) >= 11 is 1.65. The number of carbonyl (C=O) groups is 2. The van der Waals surface area contributed by atoms with Gasteiger partial charge in [0, 0.05) is 41.4 Å². The van der Waals surface area contributed by atoms with Crippen molar-refractivity contribution in [3.8, 4) is 0 Å². The number of para-hydroxylation sites is 1. The van der Waals surface area contributed by atoms with E-state index in [0.717, 1.165) is 21.3 Å². The Morgan fingerprint density at radius 3 is 2.64 bits per heavy atom. The van der Waals surface area contributed by atoms with Crippen molar-refractivity contribution in [2.75, 3.05) is 7.05 Å². The summed E-state index contributed by atoms with van der Waals surface area (Å²) in [6.07, 6.45) is 2.38. The minimum Gasteiger partial charge on any atom is -0.361 e. The van der Waals surface area contributed by atoms with Gasteiger partial charge in [-0.15, -0.1) is 11.3 Å². The first kappa shape index (κ1) is 20.1.